The number of amides is 1. The fraction of sp³-hybridized carbons (Fsp3) is 0.500. The molecule has 0 N–H and O–H groups in total. The van der Waals surface area contributed by atoms with Gasteiger partial charge in [0.25, 0.3) is 0 Å². The Morgan fingerprint density at radius 3 is 2.30 bits per heavy atom. The Balaban J connectivity index is 1.91. The quantitative estimate of drug-likeness (QED) is 0.526. The number of nitrogens with zero attached hydrogens (tertiary/aromatic N) is 1. The molecule has 5 heteroatoms. The van der Waals surface area contributed by atoms with Gasteiger partial charge in [-0.3, -0.25) is 9.69 Å². The van der Waals surface area contributed by atoms with Crippen LogP contribution < -0.4 is 0 Å². The molecule has 0 aromatic heterocycles. The molecule has 1 aliphatic carbocycles. The van der Waals surface area contributed by atoms with Crippen LogP contribution in [0.1, 0.15) is 75.6 Å². The number of hydrogen-bond acceptors (Lipinski definition) is 4. The molecule has 1 aromatic rings. The molecule has 33 heavy (non-hydrogen) atoms. The van der Waals surface area contributed by atoms with Crippen molar-refractivity contribution in [2.45, 2.75) is 72.8 Å². The van der Waals surface area contributed by atoms with Crippen molar-refractivity contribution in [2.24, 2.45) is 5.41 Å². The molecule has 1 amide bonds. The SMILES string of the molecule is C=C1CC2(CCN1C(=O)OC(C)(C)C)CC(=O)C(c1c(C)cc(C#CC)cc1C)=C(OC)C2. The molecule has 0 saturated carbocycles. The van der Waals surface area contributed by atoms with Crippen molar-refractivity contribution in [1.82, 2.24) is 4.90 Å². The summed E-state index contributed by atoms with van der Waals surface area (Å²) in [4.78, 5) is 27.8. The summed E-state index contributed by atoms with van der Waals surface area (Å²) >= 11 is 0. The highest BCUT2D eigenvalue weighted by atomic mass is 16.6. The van der Waals surface area contributed by atoms with E-state index in [2.05, 4.69) is 18.4 Å². The molecule has 3 rings (SSSR count). The van der Waals surface area contributed by atoms with Crippen molar-refractivity contribution < 1.29 is 19.1 Å². The number of benzene rings is 1. The van der Waals surface area contributed by atoms with Crippen LogP contribution in [0, 0.1) is 31.1 Å². The third kappa shape index (κ3) is 5.16. The van der Waals surface area contributed by atoms with E-state index in [0.29, 0.717) is 49.3 Å². The van der Waals surface area contributed by atoms with Gasteiger partial charge in [0, 0.05) is 30.6 Å². The van der Waals surface area contributed by atoms with Crippen LogP contribution in [0.25, 0.3) is 5.57 Å². The Labute approximate surface area is 197 Å². The van der Waals surface area contributed by atoms with Gasteiger partial charge in [-0.15, -0.1) is 5.92 Å². The first-order valence-corrected chi connectivity index (χ1v) is 11.4. The van der Waals surface area contributed by atoms with Crippen LogP contribution in [0.15, 0.2) is 30.2 Å². The highest BCUT2D eigenvalue weighted by molar-refractivity contribution is 6.23. The minimum atomic E-state index is -0.567. The molecule has 1 unspecified atom stereocenters. The number of ether oxygens (including phenoxy) is 2. The maximum absolute atomic E-state index is 13.6. The molecule has 1 saturated heterocycles. The van der Waals surface area contributed by atoms with Crippen LogP contribution in [0.4, 0.5) is 4.79 Å². The Morgan fingerprint density at radius 1 is 1.15 bits per heavy atom. The van der Waals surface area contributed by atoms with E-state index in [1.165, 1.54) is 0 Å². The summed E-state index contributed by atoms with van der Waals surface area (Å²) in [6.07, 6.45) is 1.92. The molecule has 1 heterocycles. The third-order valence-electron chi connectivity index (χ3n) is 6.37. The monoisotopic (exact) mass is 449 g/mol. The fourth-order valence-corrected chi connectivity index (χ4v) is 5.07. The zero-order valence-corrected chi connectivity index (χ0v) is 21.0. The number of methoxy groups -OCH3 is 1. The van der Waals surface area contributed by atoms with E-state index in [9.17, 15) is 9.59 Å². The molecular weight excluding hydrogens is 414 g/mol. The van der Waals surface area contributed by atoms with Gasteiger partial charge >= 0.3 is 6.09 Å². The zero-order valence-electron chi connectivity index (χ0n) is 21.0. The summed E-state index contributed by atoms with van der Waals surface area (Å²) in [6.45, 7) is 16.0. The maximum atomic E-state index is 13.6. The van der Waals surface area contributed by atoms with Crippen molar-refractivity contribution in [1.29, 1.82) is 0 Å². The lowest BCUT2D eigenvalue weighted by Crippen LogP contribution is -2.45. The second-order valence-corrected chi connectivity index (χ2v) is 10.3. The average molecular weight is 450 g/mol. The Bertz CT molecular complexity index is 1070. The minimum Gasteiger partial charge on any atom is -0.500 e. The number of allylic oxidation sites excluding steroid dienone is 3. The standard InChI is InChI=1S/C28H35NO4/c1-9-10-21-13-18(2)24(19(3)14-21)25-22(30)16-28(17-23(25)32-8)11-12-29(20(4)15-28)26(31)33-27(5,6)7/h13-14H,4,11-12,15-17H2,1-3,5-8H3. The number of Topliss-reactive ketones (excluding diaryl/α,β-unsaturated/α-hetero) is 1. The van der Waals surface area contributed by atoms with Crippen molar-refractivity contribution in [3.8, 4) is 11.8 Å². The van der Waals surface area contributed by atoms with Gasteiger partial charge in [-0.2, -0.15) is 0 Å². The van der Waals surface area contributed by atoms with E-state index in [0.717, 1.165) is 22.3 Å². The van der Waals surface area contributed by atoms with Crippen molar-refractivity contribution in [3.05, 3.63) is 52.4 Å². The van der Waals surface area contributed by atoms with Crippen LogP contribution in [0.2, 0.25) is 0 Å². The van der Waals surface area contributed by atoms with Crippen LogP contribution >= 0.6 is 0 Å². The predicted octanol–water partition coefficient (Wildman–Crippen LogP) is 5.93. The number of piperidine rings is 1. The van der Waals surface area contributed by atoms with Gasteiger partial charge in [0.2, 0.25) is 0 Å². The first-order chi connectivity index (χ1) is 15.4. The number of carbonyl (C=O) groups excluding carboxylic acids is 2. The predicted molar refractivity (Wildman–Crippen MR) is 130 cm³/mol. The van der Waals surface area contributed by atoms with Gasteiger partial charge in [-0.05, 0) is 88.6 Å². The Morgan fingerprint density at radius 2 is 1.79 bits per heavy atom. The van der Waals surface area contributed by atoms with Gasteiger partial charge in [-0.1, -0.05) is 12.5 Å². The van der Waals surface area contributed by atoms with Crippen LogP contribution in [-0.4, -0.2) is 36.0 Å². The molecule has 0 radical (unpaired) electrons. The number of rotatable bonds is 2. The van der Waals surface area contributed by atoms with E-state index in [4.69, 9.17) is 9.47 Å². The molecule has 1 aromatic carbocycles. The summed E-state index contributed by atoms with van der Waals surface area (Å²) in [5.41, 5.74) is 4.43. The number of aryl methyl sites for hydroxylation is 2. The summed E-state index contributed by atoms with van der Waals surface area (Å²) in [5, 5.41) is 0. The van der Waals surface area contributed by atoms with Gasteiger partial charge in [-0.25, -0.2) is 4.79 Å². The summed E-state index contributed by atoms with van der Waals surface area (Å²) < 4.78 is 11.3. The van der Waals surface area contributed by atoms with Crippen molar-refractivity contribution >= 4 is 17.4 Å². The number of likely N-dealkylation sites (tertiary alicyclic amines) is 1. The van der Waals surface area contributed by atoms with Gasteiger partial charge in [0.15, 0.2) is 5.78 Å². The zero-order chi connectivity index (χ0) is 24.6. The summed E-state index contributed by atoms with van der Waals surface area (Å²) in [6, 6.07) is 4.05. The average Bonchev–Trinajstić information content (AvgIpc) is 2.67. The highest BCUT2D eigenvalue weighted by Gasteiger charge is 2.45. The summed E-state index contributed by atoms with van der Waals surface area (Å²) in [7, 11) is 1.63. The fourth-order valence-electron chi connectivity index (χ4n) is 5.07. The number of carbonyl (C=O) groups is 2. The molecule has 2 aliphatic rings. The number of ketones is 1. The van der Waals surface area contributed by atoms with Gasteiger partial charge < -0.3 is 9.47 Å². The number of hydrogen-bond donors (Lipinski definition) is 0. The van der Waals surface area contributed by atoms with Crippen molar-refractivity contribution in [3.63, 3.8) is 0 Å². The van der Waals surface area contributed by atoms with E-state index >= 15 is 0 Å². The smallest absolute Gasteiger partial charge is 0.414 e. The Kier molecular flexibility index (Phi) is 6.79. The third-order valence-corrected chi connectivity index (χ3v) is 6.37. The molecule has 176 valence electrons. The van der Waals surface area contributed by atoms with Crippen molar-refractivity contribution in [2.75, 3.05) is 13.7 Å². The lowest BCUT2D eigenvalue weighted by molar-refractivity contribution is -0.117. The highest BCUT2D eigenvalue weighted by Crippen LogP contribution is 2.50. The molecule has 0 bridgehead atoms. The normalized spacial score (nSPS) is 21.1. The summed E-state index contributed by atoms with van der Waals surface area (Å²) in [5.74, 6) is 6.83. The van der Waals surface area contributed by atoms with Gasteiger partial charge in [0.1, 0.15) is 11.4 Å². The van der Waals surface area contributed by atoms with E-state index in [-0.39, 0.29) is 17.3 Å². The van der Waals surface area contributed by atoms with E-state index in [1.807, 2.05) is 53.7 Å². The minimum absolute atomic E-state index is 0.0807. The van der Waals surface area contributed by atoms with Crippen LogP contribution in [0.5, 0.6) is 0 Å². The molecule has 1 fully saturated rings. The van der Waals surface area contributed by atoms with Gasteiger partial charge in [0.05, 0.1) is 12.7 Å². The maximum Gasteiger partial charge on any atom is 0.414 e. The molecule has 1 aliphatic heterocycles. The van der Waals surface area contributed by atoms with E-state index in [1.54, 1.807) is 12.0 Å². The van der Waals surface area contributed by atoms with E-state index < -0.39 is 5.60 Å². The second kappa shape index (κ2) is 9.09. The lowest BCUT2D eigenvalue weighted by Gasteiger charge is -2.45. The lowest BCUT2D eigenvalue weighted by atomic mass is 9.66. The largest absolute Gasteiger partial charge is 0.500 e. The molecule has 1 spiro atoms. The molecular formula is C28H35NO4. The topological polar surface area (TPSA) is 55.8 Å². The molecule has 5 nitrogen and oxygen atoms in total. The second-order valence-electron chi connectivity index (χ2n) is 10.3. The first-order valence-electron chi connectivity index (χ1n) is 11.4. The molecule has 1 atom stereocenters. The van der Waals surface area contributed by atoms with Crippen LogP contribution in [-0.2, 0) is 14.3 Å². The van der Waals surface area contributed by atoms with Crippen LogP contribution in [0.3, 0.4) is 0 Å². The Hall–Kier alpha value is -3.00. The first kappa shape index (κ1) is 24.6.